The maximum Gasteiger partial charge on any atom is 0.253 e. The van der Waals surface area contributed by atoms with Gasteiger partial charge in [0.05, 0.1) is 11.3 Å². The van der Waals surface area contributed by atoms with Gasteiger partial charge in [0.25, 0.3) is 11.8 Å². The zero-order valence-electron chi connectivity index (χ0n) is 18.9. The van der Waals surface area contributed by atoms with Gasteiger partial charge in [-0.15, -0.1) is 0 Å². The van der Waals surface area contributed by atoms with Crippen LogP contribution in [0.2, 0.25) is 0 Å². The number of hydrogen-bond donors (Lipinski definition) is 4. The average Bonchev–Trinajstić information content (AvgIpc) is 2.87. The summed E-state index contributed by atoms with van der Waals surface area (Å²) in [4.78, 5) is 31.0. The second kappa shape index (κ2) is 10.8. The van der Waals surface area contributed by atoms with Crippen molar-refractivity contribution in [2.24, 2.45) is 11.7 Å². The Morgan fingerprint density at radius 1 is 1.12 bits per heavy atom. The quantitative estimate of drug-likeness (QED) is 0.410. The Balaban J connectivity index is 1.50. The summed E-state index contributed by atoms with van der Waals surface area (Å²) in [7, 11) is 0. The van der Waals surface area contributed by atoms with Crippen molar-refractivity contribution in [1.29, 1.82) is 0 Å². The lowest BCUT2D eigenvalue weighted by molar-refractivity contribution is 0.0620. The minimum Gasteiger partial charge on any atom is -0.396 e. The van der Waals surface area contributed by atoms with Gasteiger partial charge in [-0.1, -0.05) is 36.4 Å². The van der Waals surface area contributed by atoms with Gasteiger partial charge in [0.2, 0.25) is 0 Å². The largest absolute Gasteiger partial charge is 0.396 e. The molecule has 3 aromatic rings. The molecule has 176 valence electrons. The summed E-state index contributed by atoms with van der Waals surface area (Å²) in [6.45, 7) is 1.89. The molecule has 2 aromatic carbocycles. The molecule has 34 heavy (non-hydrogen) atoms. The average molecular weight is 460 g/mol. The number of carbonyl (C=O) groups is 2. The highest BCUT2D eigenvalue weighted by Crippen LogP contribution is 2.24. The van der Waals surface area contributed by atoms with E-state index in [-0.39, 0.29) is 18.4 Å². The lowest BCUT2D eigenvalue weighted by Crippen LogP contribution is -2.40. The second-order valence-electron chi connectivity index (χ2n) is 8.47. The highest BCUT2D eigenvalue weighted by molar-refractivity contribution is 5.99. The van der Waals surface area contributed by atoms with E-state index >= 15 is 0 Å². The predicted molar refractivity (Wildman–Crippen MR) is 132 cm³/mol. The molecule has 0 aliphatic carbocycles. The van der Waals surface area contributed by atoms with Crippen molar-refractivity contribution in [2.75, 3.05) is 30.3 Å². The molecule has 8 heteroatoms. The first-order valence-electron chi connectivity index (χ1n) is 11.4. The zero-order chi connectivity index (χ0) is 23.9. The van der Waals surface area contributed by atoms with E-state index in [0.717, 1.165) is 18.4 Å². The SMILES string of the molecule is NC(=O)c1cnc(Nc2cccc(C(=O)N3CCCC(CO)C3)c2)cc1NCc1ccccc1. The van der Waals surface area contributed by atoms with Crippen LogP contribution in [0, 0.1) is 5.92 Å². The summed E-state index contributed by atoms with van der Waals surface area (Å²) >= 11 is 0. The van der Waals surface area contributed by atoms with E-state index in [9.17, 15) is 14.7 Å². The molecular weight excluding hydrogens is 430 g/mol. The minimum atomic E-state index is -0.565. The Bertz CT molecular complexity index is 1150. The Morgan fingerprint density at radius 3 is 2.71 bits per heavy atom. The van der Waals surface area contributed by atoms with Gasteiger partial charge >= 0.3 is 0 Å². The monoisotopic (exact) mass is 459 g/mol. The lowest BCUT2D eigenvalue weighted by Gasteiger charge is -2.32. The third kappa shape index (κ3) is 5.71. The third-order valence-electron chi connectivity index (χ3n) is 5.94. The molecule has 1 aliphatic heterocycles. The fourth-order valence-electron chi connectivity index (χ4n) is 4.12. The van der Waals surface area contributed by atoms with Crippen LogP contribution in [0.1, 0.15) is 39.1 Å². The van der Waals surface area contributed by atoms with Crippen molar-refractivity contribution in [3.8, 4) is 0 Å². The lowest BCUT2D eigenvalue weighted by atomic mass is 9.98. The first-order valence-corrected chi connectivity index (χ1v) is 11.4. The number of aliphatic hydroxyl groups is 1. The van der Waals surface area contributed by atoms with Crippen molar-refractivity contribution in [3.05, 3.63) is 83.6 Å². The molecule has 4 rings (SSSR count). The van der Waals surface area contributed by atoms with Crippen LogP contribution in [0.15, 0.2) is 66.9 Å². The van der Waals surface area contributed by atoms with Crippen molar-refractivity contribution in [1.82, 2.24) is 9.88 Å². The van der Waals surface area contributed by atoms with E-state index in [1.807, 2.05) is 42.5 Å². The van der Waals surface area contributed by atoms with E-state index in [1.165, 1.54) is 6.20 Å². The van der Waals surface area contributed by atoms with Crippen LogP contribution in [-0.2, 0) is 6.54 Å². The van der Waals surface area contributed by atoms with Crippen LogP contribution >= 0.6 is 0 Å². The van der Waals surface area contributed by atoms with Crippen molar-refractivity contribution >= 4 is 29.0 Å². The molecule has 5 N–H and O–H groups in total. The number of aliphatic hydroxyl groups excluding tert-OH is 1. The topological polar surface area (TPSA) is 121 Å². The maximum absolute atomic E-state index is 13.0. The van der Waals surface area contributed by atoms with E-state index in [0.29, 0.717) is 48.0 Å². The van der Waals surface area contributed by atoms with Crippen LogP contribution in [-0.4, -0.2) is 46.5 Å². The molecule has 0 saturated carbocycles. The summed E-state index contributed by atoms with van der Waals surface area (Å²) in [5.41, 5.74) is 8.75. The summed E-state index contributed by atoms with van der Waals surface area (Å²) < 4.78 is 0. The number of nitrogens with two attached hydrogens (primary N) is 1. The maximum atomic E-state index is 13.0. The number of nitrogens with one attached hydrogen (secondary N) is 2. The first kappa shape index (κ1) is 23.3. The number of anilines is 3. The number of amides is 2. The number of piperidine rings is 1. The zero-order valence-corrected chi connectivity index (χ0v) is 18.9. The Hall–Kier alpha value is -3.91. The normalized spacial score (nSPS) is 15.6. The van der Waals surface area contributed by atoms with Crippen LogP contribution in [0.25, 0.3) is 0 Å². The Morgan fingerprint density at radius 2 is 1.94 bits per heavy atom. The number of carbonyl (C=O) groups excluding carboxylic acids is 2. The van der Waals surface area contributed by atoms with Crippen LogP contribution < -0.4 is 16.4 Å². The number of benzene rings is 2. The number of pyridine rings is 1. The summed E-state index contributed by atoms with van der Waals surface area (Å²) in [6, 6.07) is 18.8. The van der Waals surface area contributed by atoms with Gasteiger partial charge in [-0.05, 0) is 42.5 Å². The summed E-state index contributed by atoms with van der Waals surface area (Å²) in [6.07, 6.45) is 3.27. The van der Waals surface area contributed by atoms with Gasteiger partial charge in [-0.2, -0.15) is 0 Å². The van der Waals surface area contributed by atoms with Crippen LogP contribution in [0.5, 0.6) is 0 Å². The van der Waals surface area contributed by atoms with Crippen LogP contribution in [0.4, 0.5) is 17.2 Å². The third-order valence-corrected chi connectivity index (χ3v) is 5.94. The van der Waals surface area contributed by atoms with Gasteiger partial charge in [0, 0.05) is 49.8 Å². The van der Waals surface area contributed by atoms with Gasteiger partial charge in [0.1, 0.15) is 5.82 Å². The van der Waals surface area contributed by atoms with E-state index in [1.54, 1.807) is 23.1 Å². The number of primary amides is 1. The second-order valence-corrected chi connectivity index (χ2v) is 8.47. The van der Waals surface area contributed by atoms with Crippen LogP contribution in [0.3, 0.4) is 0 Å². The smallest absolute Gasteiger partial charge is 0.253 e. The van der Waals surface area contributed by atoms with Crippen molar-refractivity contribution in [3.63, 3.8) is 0 Å². The molecule has 1 fully saturated rings. The molecule has 0 spiro atoms. The van der Waals surface area contributed by atoms with Crippen molar-refractivity contribution < 1.29 is 14.7 Å². The van der Waals surface area contributed by atoms with Gasteiger partial charge < -0.3 is 26.4 Å². The molecular formula is C26H29N5O3. The molecule has 1 aromatic heterocycles. The molecule has 1 atom stereocenters. The number of likely N-dealkylation sites (tertiary alicyclic amines) is 1. The number of nitrogens with zero attached hydrogens (tertiary/aromatic N) is 2. The fraction of sp³-hybridized carbons (Fsp3) is 0.269. The van der Waals surface area contributed by atoms with Gasteiger partial charge in [-0.3, -0.25) is 9.59 Å². The summed E-state index contributed by atoms with van der Waals surface area (Å²) in [5, 5.41) is 15.9. The van der Waals surface area contributed by atoms with E-state index in [2.05, 4.69) is 15.6 Å². The minimum absolute atomic E-state index is 0.0518. The molecule has 0 bridgehead atoms. The molecule has 1 unspecified atom stereocenters. The van der Waals surface area contributed by atoms with E-state index in [4.69, 9.17) is 5.73 Å². The molecule has 2 heterocycles. The highest BCUT2D eigenvalue weighted by atomic mass is 16.3. The highest BCUT2D eigenvalue weighted by Gasteiger charge is 2.24. The van der Waals surface area contributed by atoms with Gasteiger partial charge in [0.15, 0.2) is 0 Å². The fourth-order valence-corrected chi connectivity index (χ4v) is 4.12. The Labute approximate surface area is 198 Å². The molecule has 0 radical (unpaired) electrons. The standard InChI is InChI=1S/C26H29N5O3/c27-25(33)22-15-29-24(13-23(22)28-14-18-6-2-1-3-7-18)30-21-10-4-9-20(12-21)26(34)31-11-5-8-19(16-31)17-32/h1-4,6-7,9-10,12-13,15,19,32H,5,8,11,14,16-17H2,(H2,27,33)(H2,28,29,30). The molecule has 8 nitrogen and oxygen atoms in total. The van der Waals surface area contributed by atoms with Gasteiger partial charge in [-0.25, -0.2) is 4.98 Å². The molecule has 1 aliphatic rings. The Kier molecular flexibility index (Phi) is 7.39. The molecule has 1 saturated heterocycles. The summed E-state index contributed by atoms with van der Waals surface area (Å²) in [5.74, 6) is 0.0336. The van der Waals surface area contributed by atoms with E-state index < -0.39 is 5.91 Å². The number of rotatable bonds is 8. The van der Waals surface area contributed by atoms with Crippen molar-refractivity contribution in [2.45, 2.75) is 19.4 Å². The molecule has 2 amide bonds. The predicted octanol–water partition coefficient (Wildman–Crippen LogP) is 3.38. The first-order chi connectivity index (χ1) is 16.5. The number of aromatic nitrogens is 1. The number of hydrogen-bond acceptors (Lipinski definition) is 6.